The van der Waals surface area contributed by atoms with Gasteiger partial charge in [0.25, 0.3) is 5.91 Å². The van der Waals surface area contributed by atoms with Gasteiger partial charge in [-0.2, -0.15) is 0 Å². The molecule has 1 aromatic carbocycles. The molecule has 1 fully saturated rings. The largest absolute Gasteiger partial charge is 0.339 e. The van der Waals surface area contributed by atoms with Gasteiger partial charge in [-0.15, -0.1) is 0 Å². The summed E-state index contributed by atoms with van der Waals surface area (Å²) in [6.45, 7) is 2.25. The zero-order valence-electron chi connectivity index (χ0n) is 14.2. The van der Waals surface area contributed by atoms with Crippen molar-refractivity contribution in [3.63, 3.8) is 0 Å². The number of sulfone groups is 1. The predicted molar refractivity (Wildman–Crippen MR) is 101 cm³/mol. The highest BCUT2D eigenvalue weighted by Gasteiger charge is 2.34. The lowest BCUT2D eigenvalue weighted by atomic mass is 10.2. The van der Waals surface area contributed by atoms with Crippen LogP contribution in [0.15, 0.2) is 36.7 Å². The molecule has 0 saturated carbocycles. The number of carbonyl (C=O) groups is 1. The molecule has 0 radical (unpaired) electrons. The second-order valence-electron chi connectivity index (χ2n) is 6.07. The van der Waals surface area contributed by atoms with Crippen molar-refractivity contribution < 1.29 is 13.2 Å². The second-order valence-corrected chi connectivity index (χ2v) is 8.73. The molecule has 0 aliphatic carbocycles. The highest BCUT2D eigenvalue weighted by molar-refractivity contribution is 7.91. The topological polar surface area (TPSA) is 92.3 Å². The van der Waals surface area contributed by atoms with E-state index in [0.29, 0.717) is 23.8 Å². The van der Waals surface area contributed by atoms with E-state index >= 15 is 0 Å². The molecule has 26 heavy (non-hydrogen) atoms. The Hall–Kier alpha value is -2.19. The molecule has 3 rings (SSSR count). The molecule has 0 bridgehead atoms. The lowest BCUT2D eigenvalue weighted by Crippen LogP contribution is -2.41. The van der Waals surface area contributed by atoms with Gasteiger partial charge in [0.2, 0.25) is 0 Å². The van der Waals surface area contributed by atoms with E-state index in [0.717, 1.165) is 5.69 Å². The van der Waals surface area contributed by atoms with E-state index in [9.17, 15) is 13.2 Å². The SMILES string of the molecule is CCN(C(=O)c1cnc(Nc2ccc(Cl)cc2)cn1)C1CCS(=O)(=O)C1. The number of amides is 1. The third-order valence-electron chi connectivity index (χ3n) is 4.24. The summed E-state index contributed by atoms with van der Waals surface area (Å²) in [6.07, 6.45) is 3.33. The molecule has 1 aromatic heterocycles. The van der Waals surface area contributed by atoms with Crippen molar-refractivity contribution in [2.24, 2.45) is 0 Å². The van der Waals surface area contributed by atoms with Crippen LogP contribution in [-0.2, 0) is 9.84 Å². The van der Waals surface area contributed by atoms with Crippen molar-refractivity contribution in [3.05, 3.63) is 47.4 Å². The molecule has 9 heteroatoms. The number of nitrogens with one attached hydrogen (secondary N) is 1. The molecule has 1 unspecified atom stereocenters. The quantitative estimate of drug-likeness (QED) is 0.837. The lowest BCUT2D eigenvalue weighted by Gasteiger charge is -2.26. The molecular formula is C17H19ClN4O3S. The molecule has 7 nitrogen and oxygen atoms in total. The number of nitrogens with zero attached hydrogens (tertiary/aromatic N) is 3. The number of anilines is 2. The van der Waals surface area contributed by atoms with Gasteiger partial charge >= 0.3 is 0 Å². The van der Waals surface area contributed by atoms with Crippen LogP contribution in [-0.4, -0.2) is 53.3 Å². The van der Waals surface area contributed by atoms with Gasteiger partial charge in [-0.1, -0.05) is 11.6 Å². The number of benzene rings is 1. The van der Waals surface area contributed by atoms with E-state index in [4.69, 9.17) is 11.6 Å². The van der Waals surface area contributed by atoms with Gasteiger partial charge in [0.05, 0.1) is 23.9 Å². The van der Waals surface area contributed by atoms with E-state index in [1.165, 1.54) is 12.4 Å². The Morgan fingerprint density at radius 3 is 2.54 bits per heavy atom. The highest BCUT2D eigenvalue weighted by atomic mass is 35.5. The molecule has 1 aliphatic rings. The number of carbonyl (C=O) groups excluding carboxylic acids is 1. The summed E-state index contributed by atoms with van der Waals surface area (Å²) >= 11 is 5.85. The maximum atomic E-state index is 12.7. The first kappa shape index (κ1) is 18.6. The van der Waals surface area contributed by atoms with Gasteiger partial charge < -0.3 is 10.2 Å². The molecule has 1 atom stereocenters. The van der Waals surface area contributed by atoms with Crippen molar-refractivity contribution in [1.29, 1.82) is 0 Å². The molecular weight excluding hydrogens is 376 g/mol. The molecule has 1 amide bonds. The molecule has 1 saturated heterocycles. The average molecular weight is 395 g/mol. The zero-order valence-corrected chi connectivity index (χ0v) is 15.8. The Morgan fingerprint density at radius 2 is 2.00 bits per heavy atom. The average Bonchev–Trinajstić information content (AvgIpc) is 2.98. The van der Waals surface area contributed by atoms with Gasteiger partial charge in [0, 0.05) is 23.3 Å². The summed E-state index contributed by atoms with van der Waals surface area (Å²) < 4.78 is 23.4. The third-order valence-corrected chi connectivity index (χ3v) is 6.24. The Morgan fingerprint density at radius 1 is 1.27 bits per heavy atom. The van der Waals surface area contributed by atoms with Gasteiger partial charge in [0.15, 0.2) is 9.84 Å². The van der Waals surface area contributed by atoms with Crippen LogP contribution < -0.4 is 5.32 Å². The van der Waals surface area contributed by atoms with Crippen LogP contribution in [0.1, 0.15) is 23.8 Å². The Labute approximate surface area is 157 Å². The standard InChI is InChI=1S/C17H19ClN4O3S/c1-2-22(14-7-8-26(24,25)11-14)17(23)15-9-20-16(10-19-15)21-13-5-3-12(18)4-6-13/h3-6,9-10,14H,2,7-8,11H2,1H3,(H,20,21). The van der Waals surface area contributed by atoms with Crippen LogP contribution in [0.3, 0.4) is 0 Å². The second kappa shape index (κ2) is 7.59. The molecule has 2 aromatic rings. The first-order valence-corrected chi connectivity index (χ1v) is 10.4. The van der Waals surface area contributed by atoms with Crippen molar-refractivity contribution in [3.8, 4) is 0 Å². The van der Waals surface area contributed by atoms with Crippen LogP contribution in [0.2, 0.25) is 5.02 Å². The number of hydrogen-bond donors (Lipinski definition) is 1. The molecule has 1 N–H and O–H groups in total. The highest BCUT2D eigenvalue weighted by Crippen LogP contribution is 2.20. The van der Waals surface area contributed by atoms with Gasteiger partial charge in [-0.25, -0.2) is 18.4 Å². The van der Waals surface area contributed by atoms with Crippen LogP contribution in [0, 0.1) is 0 Å². The first-order valence-electron chi connectivity index (χ1n) is 8.24. The van der Waals surface area contributed by atoms with Crippen LogP contribution in [0.25, 0.3) is 0 Å². The summed E-state index contributed by atoms with van der Waals surface area (Å²) in [5, 5.41) is 3.71. The van der Waals surface area contributed by atoms with Crippen molar-refractivity contribution in [2.45, 2.75) is 19.4 Å². The smallest absolute Gasteiger partial charge is 0.274 e. The summed E-state index contributed by atoms with van der Waals surface area (Å²) in [5.74, 6) is 0.323. The van der Waals surface area contributed by atoms with E-state index < -0.39 is 9.84 Å². The van der Waals surface area contributed by atoms with Crippen LogP contribution in [0.5, 0.6) is 0 Å². The van der Waals surface area contributed by atoms with Gasteiger partial charge in [-0.05, 0) is 37.6 Å². The fourth-order valence-electron chi connectivity index (χ4n) is 2.92. The molecule has 0 spiro atoms. The summed E-state index contributed by atoms with van der Waals surface area (Å²) in [5.41, 5.74) is 0.993. The Bertz CT molecular complexity index is 885. The minimum Gasteiger partial charge on any atom is -0.339 e. The summed E-state index contributed by atoms with van der Waals surface area (Å²) in [6, 6.07) is 6.82. The fraction of sp³-hybridized carbons (Fsp3) is 0.353. The first-order chi connectivity index (χ1) is 12.4. The summed E-state index contributed by atoms with van der Waals surface area (Å²) in [4.78, 5) is 22.6. The minimum atomic E-state index is -3.06. The van der Waals surface area contributed by atoms with Gasteiger partial charge in [0.1, 0.15) is 11.5 Å². The lowest BCUT2D eigenvalue weighted by molar-refractivity contribution is 0.0702. The van der Waals surface area contributed by atoms with Crippen molar-refractivity contribution >= 4 is 38.9 Å². The van der Waals surface area contributed by atoms with Crippen molar-refractivity contribution in [2.75, 3.05) is 23.4 Å². The predicted octanol–water partition coefficient (Wildman–Crippen LogP) is 2.52. The van der Waals surface area contributed by atoms with Crippen molar-refractivity contribution in [1.82, 2.24) is 14.9 Å². The number of hydrogen-bond acceptors (Lipinski definition) is 6. The Balaban J connectivity index is 1.70. The van der Waals surface area contributed by atoms with E-state index in [1.54, 1.807) is 17.0 Å². The van der Waals surface area contributed by atoms with Crippen LogP contribution in [0.4, 0.5) is 11.5 Å². The number of halogens is 1. The summed E-state index contributed by atoms with van der Waals surface area (Å²) in [7, 11) is -3.06. The van der Waals surface area contributed by atoms with Crippen LogP contribution >= 0.6 is 11.6 Å². The Kier molecular flexibility index (Phi) is 5.43. The number of rotatable bonds is 5. The normalized spacial score (nSPS) is 18.5. The zero-order chi connectivity index (χ0) is 18.7. The minimum absolute atomic E-state index is 0.0101. The monoisotopic (exact) mass is 394 g/mol. The van der Waals surface area contributed by atoms with E-state index in [1.807, 2.05) is 19.1 Å². The molecule has 1 aliphatic heterocycles. The third kappa shape index (κ3) is 4.31. The molecule has 2 heterocycles. The fourth-order valence-corrected chi connectivity index (χ4v) is 4.78. The maximum Gasteiger partial charge on any atom is 0.274 e. The van der Waals surface area contributed by atoms with E-state index in [-0.39, 0.29) is 29.1 Å². The van der Waals surface area contributed by atoms with Gasteiger partial charge in [-0.3, -0.25) is 4.79 Å². The number of aromatic nitrogens is 2. The molecule has 138 valence electrons. The maximum absolute atomic E-state index is 12.7. The van der Waals surface area contributed by atoms with E-state index in [2.05, 4.69) is 15.3 Å².